The first kappa shape index (κ1) is 34.2. The number of nitrogens with zero attached hydrogens (tertiary/aromatic N) is 3. The number of halogens is 1. The van der Waals surface area contributed by atoms with E-state index >= 15 is 0 Å². The van der Waals surface area contributed by atoms with E-state index in [9.17, 15) is 9.59 Å². The molecule has 0 unspecified atom stereocenters. The van der Waals surface area contributed by atoms with Gasteiger partial charge < -0.3 is 14.2 Å². The number of carbonyl (C=O) groups excluding carboxylic acids is 1. The molecule has 1 atom stereocenters. The van der Waals surface area contributed by atoms with Crippen LogP contribution in [0.1, 0.15) is 40.8 Å². The van der Waals surface area contributed by atoms with Crippen LogP contribution in [0.15, 0.2) is 111 Å². The van der Waals surface area contributed by atoms with Gasteiger partial charge in [0, 0.05) is 10.5 Å². The molecule has 0 fully saturated rings. The van der Waals surface area contributed by atoms with Crippen LogP contribution in [0.5, 0.6) is 11.5 Å². The standard InChI is InChI=1S/C38H30IN3O5S2/c1-4-46-37(44)32-33(26-8-6-5-7-9-26)41-38-42(34(32)27-14-16-28(48-3)17-15-27)36(43)31(49-38)20-25-18-29(39)35(30(19-25)45-2)47-22-24-12-10-23(21-40)11-13-24/h5-20,34H,4,22H2,1-3H3/b31-20-/t34-/m1/s1. The lowest BCUT2D eigenvalue weighted by molar-refractivity contribution is -0.138. The van der Waals surface area contributed by atoms with E-state index < -0.39 is 12.0 Å². The lowest BCUT2D eigenvalue weighted by Gasteiger charge is -2.26. The molecule has 246 valence electrons. The van der Waals surface area contributed by atoms with Crippen LogP contribution in [-0.4, -0.2) is 30.5 Å². The highest BCUT2D eigenvalue weighted by Crippen LogP contribution is 2.37. The maximum Gasteiger partial charge on any atom is 0.338 e. The molecule has 5 aromatic rings. The summed E-state index contributed by atoms with van der Waals surface area (Å²) in [5.41, 5.74) is 4.28. The first-order chi connectivity index (χ1) is 23.8. The fourth-order valence-corrected chi connectivity index (χ4v) is 7.68. The second-order valence-corrected chi connectivity index (χ2v) is 13.9. The Morgan fingerprint density at radius 3 is 2.47 bits per heavy atom. The Kier molecular flexibility index (Phi) is 10.7. The number of methoxy groups -OCH3 is 1. The van der Waals surface area contributed by atoms with Gasteiger partial charge in [-0.2, -0.15) is 5.26 Å². The molecule has 4 aromatic carbocycles. The summed E-state index contributed by atoms with van der Waals surface area (Å²) in [6.45, 7) is 2.23. The normalized spacial score (nSPS) is 14.1. The van der Waals surface area contributed by atoms with Crippen molar-refractivity contribution >= 4 is 63.4 Å². The van der Waals surface area contributed by atoms with Gasteiger partial charge in [0.25, 0.3) is 5.56 Å². The fourth-order valence-electron chi connectivity index (χ4n) is 5.49. The number of thiazole rings is 1. The van der Waals surface area contributed by atoms with E-state index in [1.54, 1.807) is 42.5 Å². The minimum absolute atomic E-state index is 0.181. The summed E-state index contributed by atoms with van der Waals surface area (Å²) in [4.78, 5) is 34.5. The van der Waals surface area contributed by atoms with E-state index in [4.69, 9.17) is 24.5 Å². The quantitative estimate of drug-likeness (QED) is 0.0879. The molecule has 8 nitrogen and oxygen atoms in total. The van der Waals surface area contributed by atoms with Crippen molar-refractivity contribution in [1.29, 1.82) is 5.26 Å². The van der Waals surface area contributed by atoms with E-state index in [2.05, 4.69) is 28.7 Å². The van der Waals surface area contributed by atoms with Gasteiger partial charge in [-0.15, -0.1) is 11.8 Å². The van der Waals surface area contributed by atoms with Gasteiger partial charge in [0.2, 0.25) is 0 Å². The highest BCUT2D eigenvalue weighted by molar-refractivity contribution is 14.1. The van der Waals surface area contributed by atoms with Crippen molar-refractivity contribution in [1.82, 2.24) is 4.57 Å². The molecule has 2 heterocycles. The minimum atomic E-state index is -0.753. The highest BCUT2D eigenvalue weighted by atomic mass is 127. The molecule has 0 saturated heterocycles. The molecule has 0 aliphatic carbocycles. The first-order valence-electron chi connectivity index (χ1n) is 15.3. The van der Waals surface area contributed by atoms with Gasteiger partial charge in [0.05, 0.1) is 50.8 Å². The van der Waals surface area contributed by atoms with Gasteiger partial charge in [-0.1, -0.05) is 65.9 Å². The van der Waals surface area contributed by atoms with Gasteiger partial charge in [-0.05, 0) is 94.9 Å². The van der Waals surface area contributed by atoms with Gasteiger partial charge >= 0.3 is 5.97 Å². The van der Waals surface area contributed by atoms with Gasteiger partial charge in [-0.25, -0.2) is 9.79 Å². The van der Waals surface area contributed by atoms with E-state index in [-0.39, 0.29) is 12.2 Å². The van der Waals surface area contributed by atoms with Crippen molar-refractivity contribution in [3.63, 3.8) is 0 Å². The molecule has 1 aromatic heterocycles. The van der Waals surface area contributed by atoms with E-state index in [1.807, 2.05) is 91.2 Å². The summed E-state index contributed by atoms with van der Waals surface area (Å²) in [6, 6.07) is 29.7. The molecule has 0 radical (unpaired) electrons. The molecule has 49 heavy (non-hydrogen) atoms. The zero-order chi connectivity index (χ0) is 34.5. The topological polar surface area (TPSA) is 103 Å². The van der Waals surface area contributed by atoms with Crippen LogP contribution in [0.3, 0.4) is 0 Å². The Bertz CT molecular complexity index is 2270. The van der Waals surface area contributed by atoms with E-state index in [0.29, 0.717) is 44.3 Å². The SMILES string of the molecule is CCOC(=O)C1=C(c2ccccc2)N=c2s/c(=C\c3cc(I)c(OCc4ccc(C#N)cc4)c(OC)c3)c(=O)n2[C@@H]1c1ccc(SC)cc1. The predicted molar refractivity (Wildman–Crippen MR) is 200 cm³/mol. The summed E-state index contributed by atoms with van der Waals surface area (Å²) < 4.78 is 20.3. The number of fused-ring (bicyclic) bond motifs is 1. The van der Waals surface area contributed by atoms with Crippen LogP contribution in [0.2, 0.25) is 0 Å². The summed E-state index contributed by atoms with van der Waals surface area (Å²) in [5.74, 6) is 0.572. The van der Waals surface area contributed by atoms with Gasteiger partial charge in [0.15, 0.2) is 16.3 Å². The molecule has 1 aliphatic heterocycles. The molecule has 0 spiro atoms. The maximum absolute atomic E-state index is 14.3. The average molecular weight is 800 g/mol. The smallest absolute Gasteiger partial charge is 0.338 e. The number of aromatic nitrogens is 1. The maximum atomic E-state index is 14.3. The first-order valence-corrected chi connectivity index (χ1v) is 18.4. The number of hydrogen-bond acceptors (Lipinski definition) is 9. The van der Waals surface area contributed by atoms with Crippen LogP contribution >= 0.6 is 45.7 Å². The van der Waals surface area contributed by atoms with E-state index in [1.165, 1.54) is 11.3 Å². The third kappa shape index (κ3) is 7.22. The molecule has 0 bridgehead atoms. The lowest BCUT2D eigenvalue weighted by atomic mass is 9.93. The number of nitriles is 1. The summed E-state index contributed by atoms with van der Waals surface area (Å²) in [6.07, 6.45) is 3.81. The van der Waals surface area contributed by atoms with Crippen molar-refractivity contribution < 1.29 is 19.0 Å². The molecule has 6 rings (SSSR count). The summed E-state index contributed by atoms with van der Waals surface area (Å²) >= 11 is 5.07. The number of thioether (sulfide) groups is 1. The molecule has 0 saturated carbocycles. The Morgan fingerprint density at radius 1 is 1.08 bits per heavy atom. The Labute approximate surface area is 305 Å². The molecule has 0 amide bonds. The van der Waals surface area contributed by atoms with Crippen molar-refractivity contribution in [2.75, 3.05) is 20.0 Å². The highest BCUT2D eigenvalue weighted by Gasteiger charge is 2.35. The second kappa shape index (κ2) is 15.3. The number of hydrogen-bond donors (Lipinski definition) is 0. The summed E-state index contributed by atoms with van der Waals surface area (Å²) in [7, 11) is 1.57. The molecule has 11 heteroatoms. The van der Waals surface area contributed by atoms with Gasteiger partial charge in [-0.3, -0.25) is 9.36 Å². The number of ether oxygens (including phenoxy) is 3. The van der Waals surface area contributed by atoms with Crippen LogP contribution in [0.4, 0.5) is 0 Å². The predicted octanol–water partition coefficient (Wildman–Crippen LogP) is 6.72. The monoisotopic (exact) mass is 799 g/mol. The van der Waals surface area contributed by atoms with Crippen molar-refractivity contribution in [3.8, 4) is 17.6 Å². The van der Waals surface area contributed by atoms with Crippen LogP contribution < -0.4 is 24.4 Å². The Balaban J connectivity index is 1.47. The number of rotatable bonds is 10. The lowest BCUT2D eigenvalue weighted by Crippen LogP contribution is -2.40. The van der Waals surface area contributed by atoms with Crippen molar-refractivity contribution in [2.45, 2.75) is 24.5 Å². The molecular weight excluding hydrogens is 769 g/mol. The second-order valence-electron chi connectivity index (χ2n) is 10.8. The Morgan fingerprint density at radius 2 is 1.82 bits per heavy atom. The largest absolute Gasteiger partial charge is 0.493 e. The van der Waals surface area contributed by atoms with E-state index in [0.717, 1.165) is 30.7 Å². The number of carbonyl (C=O) groups is 1. The minimum Gasteiger partial charge on any atom is -0.493 e. The van der Waals surface area contributed by atoms with Crippen molar-refractivity contribution in [3.05, 3.63) is 148 Å². The zero-order valence-corrected chi connectivity index (χ0v) is 30.6. The Hall–Kier alpha value is -4.64. The van der Waals surface area contributed by atoms with Crippen molar-refractivity contribution in [2.24, 2.45) is 4.99 Å². The zero-order valence-electron chi connectivity index (χ0n) is 26.8. The van der Waals surface area contributed by atoms with Crippen LogP contribution in [-0.2, 0) is 16.1 Å². The van der Waals surface area contributed by atoms with Gasteiger partial charge in [0.1, 0.15) is 6.61 Å². The third-order valence-corrected chi connectivity index (χ3v) is 10.3. The third-order valence-electron chi connectivity index (χ3n) is 7.82. The number of esters is 1. The number of benzene rings is 4. The fraction of sp³-hybridized carbons (Fsp3) is 0.158. The van der Waals surface area contributed by atoms with Crippen LogP contribution in [0, 0.1) is 14.9 Å². The average Bonchev–Trinajstić information content (AvgIpc) is 3.44. The molecule has 0 N–H and O–H groups in total. The molecular formula is C38H30IN3O5S2. The van der Waals surface area contributed by atoms with Crippen LogP contribution in [0.25, 0.3) is 11.8 Å². The molecule has 1 aliphatic rings. The summed E-state index contributed by atoms with van der Waals surface area (Å²) in [5, 5.41) is 9.08.